The minimum atomic E-state index is -4.78. The van der Waals surface area contributed by atoms with Gasteiger partial charge in [-0.1, -0.05) is 35.3 Å². The van der Waals surface area contributed by atoms with Gasteiger partial charge < -0.3 is 10.4 Å². The Morgan fingerprint density at radius 3 is 2.23 bits per heavy atom. The number of nitrogens with one attached hydrogen (secondary N) is 1. The van der Waals surface area contributed by atoms with Crippen LogP contribution in [0.4, 0.5) is 17.6 Å². The van der Waals surface area contributed by atoms with E-state index in [1.54, 1.807) is 37.3 Å². The summed E-state index contributed by atoms with van der Waals surface area (Å²) in [6, 6.07) is 15.4. The molecule has 43 heavy (non-hydrogen) atoms. The zero-order valence-electron chi connectivity index (χ0n) is 22.2. The van der Waals surface area contributed by atoms with Gasteiger partial charge in [-0.05, 0) is 89.8 Å². The summed E-state index contributed by atoms with van der Waals surface area (Å²) in [7, 11) is 0. The summed E-state index contributed by atoms with van der Waals surface area (Å²) in [5.41, 5.74) is 0.762. The number of carboxylic acids is 1. The Morgan fingerprint density at radius 2 is 1.60 bits per heavy atom. The molecule has 0 saturated heterocycles. The van der Waals surface area contributed by atoms with E-state index in [9.17, 15) is 32.3 Å². The first-order valence-corrected chi connectivity index (χ1v) is 13.5. The van der Waals surface area contributed by atoms with Crippen molar-refractivity contribution in [2.24, 2.45) is 0 Å². The number of hydrogen-bond donors (Lipinski definition) is 2. The Labute approximate surface area is 252 Å². The third kappa shape index (κ3) is 6.65. The van der Waals surface area contributed by atoms with Gasteiger partial charge in [0.1, 0.15) is 5.82 Å². The van der Waals surface area contributed by atoms with E-state index in [1.165, 1.54) is 35.1 Å². The Morgan fingerprint density at radius 1 is 0.953 bits per heavy atom. The molecule has 6 nitrogen and oxygen atoms in total. The van der Waals surface area contributed by atoms with Gasteiger partial charge in [0.2, 0.25) is 0 Å². The highest BCUT2D eigenvalue weighted by Crippen LogP contribution is 2.35. The lowest BCUT2D eigenvalue weighted by molar-refractivity contribution is -0.137. The largest absolute Gasteiger partial charge is 0.478 e. The lowest BCUT2D eigenvalue weighted by Crippen LogP contribution is -2.27. The van der Waals surface area contributed by atoms with Crippen molar-refractivity contribution in [2.75, 3.05) is 0 Å². The Bertz CT molecular complexity index is 1850. The molecule has 0 aliphatic heterocycles. The number of fused-ring (bicyclic) bond motifs is 1. The number of halogens is 6. The molecule has 0 fully saturated rings. The fourth-order valence-corrected chi connectivity index (χ4v) is 5.33. The van der Waals surface area contributed by atoms with Crippen molar-refractivity contribution in [3.8, 4) is 11.1 Å². The van der Waals surface area contributed by atoms with Gasteiger partial charge in [-0.25, -0.2) is 9.18 Å². The molecule has 5 rings (SSSR count). The minimum Gasteiger partial charge on any atom is -0.478 e. The molecular weight excluding hydrogens is 609 g/mol. The molecule has 2 N–H and O–H groups in total. The monoisotopic (exact) mass is 629 g/mol. The smallest absolute Gasteiger partial charge is 0.416 e. The first-order valence-electron chi connectivity index (χ1n) is 12.8. The average molecular weight is 630 g/mol. The zero-order valence-corrected chi connectivity index (χ0v) is 23.7. The molecule has 1 aromatic heterocycles. The minimum absolute atomic E-state index is 0.0740. The van der Waals surface area contributed by atoms with E-state index < -0.39 is 35.5 Å². The van der Waals surface area contributed by atoms with E-state index in [-0.39, 0.29) is 28.8 Å². The summed E-state index contributed by atoms with van der Waals surface area (Å²) in [5, 5.41) is 17.6. The van der Waals surface area contributed by atoms with Crippen molar-refractivity contribution in [1.82, 2.24) is 15.1 Å². The molecule has 0 spiro atoms. The van der Waals surface area contributed by atoms with Crippen LogP contribution < -0.4 is 5.32 Å². The van der Waals surface area contributed by atoms with E-state index in [4.69, 9.17) is 23.2 Å². The van der Waals surface area contributed by atoms with Crippen LogP contribution in [0.1, 0.15) is 50.4 Å². The SMILES string of the molecule is C[C@H](NC(=O)c1cc(-c2cc(F)cc(C(F)(F)F)c2)cc2cnn(Cc3cc(Cl)cc(Cl)c3)c12)c1ccc(C(=O)O)cc1. The van der Waals surface area contributed by atoms with Gasteiger partial charge >= 0.3 is 12.1 Å². The standard InChI is InChI=1S/C31H21Cl2F4N3O3/c1-16(18-2-4-19(5-3-18)30(42)43)39-29(41)27-11-20(21-9-23(31(35,36)37)12-26(34)10-21)8-22-14-38-40(28(22)27)15-17-6-24(32)13-25(33)7-17/h2-14,16H,15H2,1H3,(H,39,41)(H,42,43)/t16-/m0/s1. The van der Waals surface area contributed by atoms with Crippen LogP contribution in [0.15, 0.2) is 79.0 Å². The van der Waals surface area contributed by atoms with E-state index in [1.807, 2.05) is 0 Å². The first kappa shape index (κ1) is 30.1. The predicted molar refractivity (Wildman–Crippen MR) is 155 cm³/mol. The summed E-state index contributed by atoms with van der Waals surface area (Å²) in [4.78, 5) is 25.0. The molecule has 1 heterocycles. The van der Waals surface area contributed by atoms with Gasteiger partial charge in [0.05, 0.1) is 41.0 Å². The molecule has 1 amide bonds. The van der Waals surface area contributed by atoms with Crippen LogP contribution in [0, 0.1) is 5.82 Å². The van der Waals surface area contributed by atoms with Crippen LogP contribution in [-0.4, -0.2) is 26.8 Å². The van der Waals surface area contributed by atoms with E-state index >= 15 is 0 Å². The molecular formula is C31H21Cl2F4N3O3. The molecule has 0 aliphatic rings. The Kier molecular flexibility index (Phi) is 8.18. The van der Waals surface area contributed by atoms with Gasteiger partial charge in [-0.2, -0.15) is 18.3 Å². The highest BCUT2D eigenvalue weighted by Gasteiger charge is 2.31. The van der Waals surface area contributed by atoms with E-state index in [0.717, 1.165) is 12.1 Å². The number of carboxylic acid groups (broad SMARTS) is 1. The van der Waals surface area contributed by atoms with Crippen LogP contribution >= 0.6 is 23.2 Å². The van der Waals surface area contributed by atoms with Crippen LogP contribution in [0.2, 0.25) is 10.0 Å². The molecule has 0 radical (unpaired) electrons. The number of amides is 1. The Balaban J connectivity index is 1.60. The quantitative estimate of drug-likeness (QED) is 0.177. The second-order valence-electron chi connectivity index (χ2n) is 9.89. The van der Waals surface area contributed by atoms with Gasteiger partial charge in [-0.15, -0.1) is 0 Å². The average Bonchev–Trinajstić information content (AvgIpc) is 3.33. The molecule has 0 saturated carbocycles. The van der Waals surface area contributed by atoms with Crippen LogP contribution in [0.5, 0.6) is 0 Å². The highest BCUT2D eigenvalue weighted by atomic mass is 35.5. The fourth-order valence-electron chi connectivity index (χ4n) is 4.76. The first-order chi connectivity index (χ1) is 20.3. The molecule has 5 aromatic rings. The van der Waals surface area contributed by atoms with Gasteiger partial charge in [0.25, 0.3) is 5.91 Å². The second-order valence-corrected chi connectivity index (χ2v) is 10.8. The molecule has 220 valence electrons. The van der Waals surface area contributed by atoms with Crippen molar-refractivity contribution in [1.29, 1.82) is 0 Å². The number of carbonyl (C=O) groups excluding carboxylic acids is 1. The number of nitrogens with zero attached hydrogens (tertiary/aromatic N) is 2. The topological polar surface area (TPSA) is 84.2 Å². The number of aromatic carboxylic acids is 1. The lowest BCUT2D eigenvalue weighted by atomic mass is 9.97. The van der Waals surface area contributed by atoms with Crippen molar-refractivity contribution < 1.29 is 32.3 Å². The van der Waals surface area contributed by atoms with Crippen LogP contribution in [0.25, 0.3) is 22.0 Å². The second kappa shape index (κ2) is 11.7. The molecule has 0 bridgehead atoms. The highest BCUT2D eigenvalue weighted by molar-refractivity contribution is 6.34. The lowest BCUT2D eigenvalue weighted by Gasteiger charge is -2.17. The van der Waals surface area contributed by atoms with Crippen molar-refractivity contribution in [3.05, 3.63) is 123 Å². The number of hydrogen-bond acceptors (Lipinski definition) is 3. The van der Waals surface area contributed by atoms with Gasteiger partial charge in [-0.3, -0.25) is 9.48 Å². The summed E-state index contributed by atoms with van der Waals surface area (Å²) < 4.78 is 56.3. The maximum atomic E-state index is 14.3. The molecule has 1 atom stereocenters. The third-order valence-corrected chi connectivity index (χ3v) is 7.23. The number of benzene rings is 4. The van der Waals surface area contributed by atoms with Crippen LogP contribution in [-0.2, 0) is 12.7 Å². The zero-order chi connectivity index (χ0) is 31.1. The third-order valence-electron chi connectivity index (χ3n) is 6.80. The molecule has 0 unspecified atom stereocenters. The maximum Gasteiger partial charge on any atom is 0.416 e. The summed E-state index contributed by atoms with van der Waals surface area (Å²) in [6.07, 6.45) is -3.32. The normalized spacial score (nSPS) is 12.3. The van der Waals surface area contributed by atoms with Gasteiger partial charge in [0.15, 0.2) is 0 Å². The van der Waals surface area contributed by atoms with E-state index in [0.29, 0.717) is 38.1 Å². The number of carbonyl (C=O) groups is 2. The van der Waals surface area contributed by atoms with Crippen molar-refractivity contribution in [2.45, 2.75) is 25.7 Å². The van der Waals surface area contributed by atoms with Crippen molar-refractivity contribution in [3.63, 3.8) is 0 Å². The maximum absolute atomic E-state index is 14.3. The summed E-state index contributed by atoms with van der Waals surface area (Å²) >= 11 is 12.3. The Hall–Kier alpha value is -4.41. The molecule has 12 heteroatoms. The summed E-state index contributed by atoms with van der Waals surface area (Å²) in [5.74, 6) is -2.76. The number of aromatic nitrogens is 2. The van der Waals surface area contributed by atoms with E-state index in [2.05, 4.69) is 10.4 Å². The fraction of sp³-hybridized carbons (Fsp3) is 0.129. The number of rotatable bonds is 7. The van der Waals surface area contributed by atoms with Crippen LogP contribution in [0.3, 0.4) is 0 Å². The summed E-state index contributed by atoms with van der Waals surface area (Å²) in [6.45, 7) is 1.86. The molecule has 0 aliphatic carbocycles. The van der Waals surface area contributed by atoms with Gasteiger partial charge in [0, 0.05) is 15.4 Å². The molecule has 4 aromatic carbocycles. The number of alkyl halides is 3. The predicted octanol–water partition coefficient (Wildman–Crippen LogP) is 8.41. The van der Waals surface area contributed by atoms with Crippen molar-refractivity contribution >= 4 is 46.0 Å².